The molecule has 0 bridgehead atoms. The molecule has 1 N–H and O–H groups in total. The van der Waals surface area contributed by atoms with Crippen LogP contribution in [0.4, 0.5) is 0 Å². The summed E-state index contributed by atoms with van der Waals surface area (Å²) in [6.07, 6.45) is 2.41. The van der Waals surface area contributed by atoms with Crippen LogP contribution in [-0.2, 0) is 5.54 Å². The molecule has 0 spiro atoms. The number of carbonyl (C=O) groups excluding carboxylic acids is 1. The van der Waals surface area contributed by atoms with Gasteiger partial charge in [0.1, 0.15) is 5.54 Å². The summed E-state index contributed by atoms with van der Waals surface area (Å²) in [4.78, 5) is 13.4. The summed E-state index contributed by atoms with van der Waals surface area (Å²) in [5.41, 5.74) is 2.29. The topological polar surface area (TPSA) is 29.1 Å². The zero-order valence-electron chi connectivity index (χ0n) is 14.3. The molecule has 2 atom stereocenters. The zero-order valence-corrected chi connectivity index (χ0v) is 14.3. The summed E-state index contributed by atoms with van der Waals surface area (Å²) in [6.45, 7) is 6.03. The van der Waals surface area contributed by atoms with E-state index in [1.807, 2.05) is 42.5 Å². The maximum Gasteiger partial charge on any atom is 0.188 e. The Balaban J connectivity index is 1.86. The molecular weight excluding hydrogens is 306 g/mol. The van der Waals surface area contributed by atoms with Gasteiger partial charge in [-0.1, -0.05) is 72.8 Å². The molecule has 3 aromatic rings. The van der Waals surface area contributed by atoms with E-state index in [0.29, 0.717) is 6.42 Å². The highest BCUT2D eigenvalue weighted by molar-refractivity contribution is 6.20. The van der Waals surface area contributed by atoms with E-state index in [1.54, 1.807) is 0 Å². The van der Waals surface area contributed by atoms with Crippen LogP contribution in [0.25, 0.3) is 10.8 Å². The third-order valence-electron chi connectivity index (χ3n) is 5.21. The van der Waals surface area contributed by atoms with Crippen molar-refractivity contribution < 1.29 is 4.79 Å². The summed E-state index contributed by atoms with van der Waals surface area (Å²) in [5.74, 6) is 0.141. The smallest absolute Gasteiger partial charge is 0.188 e. The van der Waals surface area contributed by atoms with Gasteiger partial charge in [-0.05, 0) is 35.2 Å². The standard InChI is InChI=1S/C23H21NO/c1-3-15-23(24-16(2)17-9-5-4-6-10-17)20-14-8-12-18-11-7-13-19(21(18)20)22(23)25/h3-14,16,24H,1,15H2,2H3/t16-,23-/m0/s1. The molecule has 0 fully saturated rings. The van der Waals surface area contributed by atoms with E-state index < -0.39 is 5.54 Å². The molecule has 2 heteroatoms. The predicted molar refractivity (Wildman–Crippen MR) is 103 cm³/mol. The van der Waals surface area contributed by atoms with E-state index in [2.05, 4.69) is 49.2 Å². The van der Waals surface area contributed by atoms with Gasteiger partial charge in [0.15, 0.2) is 5.78 Å². The van der Waals surface area contributed by atoms with Crippen molar-refractivity contribution in [2.24, 2.45) is 0 Å². The first-order chi connectivity index (χ1) is 12.2. The number of benzene rings is 3. The summed E-state index contributed by atoms with van der Waals surface area (Å²) in [7, 11) is 0. The van der Waals surface area contributed by atoms with E-state index in [0.717, 1.165) is 21.9 Å². The number of rotatable bonds is 5. The number of hydrogen-bond donors (Lipinski definition) is 1. The van der Waals surface area contributed by atoms with Gasteiger partial charge in [0.2, 0.25) is 0 Å². The second-order valence-electron chi connectivity index (χ2n) is 6.71. The van der Waals surface area contributed by atoms with Crippen molar-refractivity contribution >= 4 is 16.6 Å². The molecule has 1 aliphatic carbocycles. The first-order valence-electron chi connectivity index (χ1n) is 8.68. The summed E-state index contributed by atoms with van der Waals surface area (Å²) < 4.78 is 0. The Kier molecular flexibility index (Phi) is 3.78. The molecule has 1 aliphatic rings. The molecule has 0 radical (unpaired) electrons. The number of Topliss-reactive ketones (excluding diaryl/α,β-unsaturated/α-hetero) is 1. The molecule has 0 saturated carbocycles. The molecule has 2 nitrogen and oxygen atoms in total. The Hall–Kier alpha value is -2.71. The molecule has 0 unspecified atom stereocenters. The second-order valence-corrected chi connectivity index (χ2v) is 6.71. The van der Waals surface area contributed by atoms with Gasteiger partial charge in [0.05, 0.1) is 0 Å². The minimum Gasteiger partial charge on any atom is -0.294 e. The van der Waals surface area contributed by atoms with Gasteiger partial charge in [-0.15, -0.1) is 6.58 Å². The van der Waals surface area contributed by atoms with Crippen molar-refractivity contribution in [3.05, 3.63) is 96.1 Å². The number of nitrogens with one attached hydrogen (secondary N) is 1. The fraction of sp³-hybridized carbons (Fsp3) is 0.174. The molecule has 0 amide bonds. The van der Waals surface area contributed by atoms with Crippen molar-refractivity contribution in [3.8, 4) is 0 Å². The van der Waals surface area contributed by atoms with E-state index in [4.69, 9.17) is 0 Å². The van der Waals surface area contributed by atoms with Gasteiger partial charge in [-0.3, -0.25) is 10.1 Å². The summed E-state index contributed by atoms with van der Waals surface area (Å²) in [5, 5.41) is 5.83. The molecule has 124 valence electrons. The van der Waals surface area contributed by atoms with Gasteiger partial charge in [0.25, 0.3) is 0 Å². The van der Waals surface area contributed by atoms with Crippen LogP contribution < -0.4 is 5.32 Å². The van der Waals surface area contributed by atoms with Crippen molar-refractivity contribution in [1.82, 2.24) is 5.32 Å². The first-order valence-corrected chi connectivity index (χ1v) is 8.68. The molecule has 0 saturated heterocycles. The largest absolute Gasteiger partial charge is 0.294 e. The van der Waals surface area contributed by atoms with Crippen LogP contribution in [0, 0.1) is 0 Å². The average Bonchev–Trinajstić information content (AvgIpc) is 2.88. The molecule has 4 rings (SSSR count). The molecule has 0 heterocycles. The van der Waals surface area contributed by atoms with Crippen molar-refractivity contribution in [2.75, 3.05) is 0 Å². The lowest BCUT2D eigenvalue weighted by atomic mass is 9.84. The van der Waals surface area contributed by atoms with Crippen LogP contribution in [0.1, 0.15) is 40.9 Å². The number of ketones is 1. The van der Waals surface area contributed by atoms with Crippen LogP contribution in [0.2, 0.25) is 0 Å². The van der Waals surface area contributed by atoms with Gasteiger partial charge in [-0.2, -0.15) is 0 Å². The third kappa shape index (κ3) is 2.33. The molecule has 3 aromatic carbocycles. The first kappa shape index (κ1) is 15.8. The number of hydrogen-bond acceptors (Lipinski definition) is 2. The molecular formula is C23H21NO. The maximum absolute atomic E-state index is 13.4. The van der Waals surface area contributed by atoms with E-state index in [-0.39, 0.29) is 11.8 Å². The predicted octanol–water partition coefficient (Wildman–Crippen LogP) is 5.16. The lowest BCUT2D eigenvalue weighted by Crippen LogP contribution is -2.47. The lowest BCUT2D eigenvalue weighted by molar-refractivity contribution is 0.0849. The van der Waals surface area contributed by atoms with E-state index in [1.165, 1.54) is 5.56 Å². The molecule has 25 heavy (non-hydrogen) atoms. The minimum atomic E-state index is -0.750. The quantitative estimate of drug-likeness (QED) is 0.656. The Bertz CT molecular complexity index is 955. The van der Waals surface area contributed by atoms with Gasteiger partial charge in [0, 0.05) is 11.6 Å². The Morgan fingerprint density at radius 1 is 1.04 bits per heavy atom. The van der Waals surface area contributed by atoms with Gasteiger partial charge < -0.3 is 0 Å². The molecule has 0 aromatic heterocycles. The van der Waals surface area contributed by atoms with Gasteiger partial charge >= 0.3 is 0 Å². The highest BCUT2D eigenvalue weighted by Crippen LogP contribution is 2.44. The Morgan fingerprint density at radius 2 is 1.76 bits per heavy atom. The van der Waals surface area contributed by atoms with Crippen molar-refractivity contribution in [1.29, 1.82) is 0 Å². The zero-order chi connectivity index (χ0) is 17.4. The fourth-order valence-corrected chi connectivity index (χ4v) is 4.05. The highest BCUT2D eigenvalue weighted by Gasteiger charge is 2.47. The SMILES string of the molecule is C=CC[C@@]1(N[C@@H](C)c2ccccc2)C(=O)c2cccc3cccc1c23. The minimum absolute atomic E-state index is 0.0506. The monoisotopic (exact) mass is 327 g/mol. The fourth-order valence-electron chi connectivity index (χ4n) is 4.05. The highest BCUT2D eigenvalue weighted by atomic mass is 16.1. The van der Waals surface area contributed by atoms with Crippen LogP contribution >= 0.6 is 0 Å². The van der Waals surface area contributed by atoms with Crippen LogP contribution in [0.15, 0.2) is 79.4 Å². The average molecular weight is 327 g/mol. The van der Waals surface area contributed by atoms with Crippen LogP contribution in [0.5, 0.6) is 0 Å². The van der Waals surface area contributed by atoms with Crippen LogP contribution in [0.3, 0.4) is 0 Å². The Labute approximate surface area is 148 Å². The van der Waals surface area contributed by atoms with E-state index in [9.17, 15) is 4.79 Å². The summed E-state index contributed by atoms with van der Waals surface area (Å²) in [6, 6.07) is 22.4. The molecule has 0 aliphatic heterocycles. The number of carbonyl (C=O) groups is 1. The van der Waals surface area contributed by atoms with Crippen molar-refractivity contribution in [2.45, 2.75) is 24.9 Å². The van der Waals surface area contributed by atoms with Gasteiger partial charge in [-0.25, -0.2) is 0 Å². The third-order valence-corrected chi connectivity index (χ3v) is 5.21. The maximum atomic E-state index is 13.4. The van der Waals surface area contributed by atoms with Crippen LogP contribution in [-0.4, -0.2) is 5.78 Å². The lowest BCUT2D eigenvalue weighted by Gasteiger charge is -2.33. The van der Waals surface area contributed by atoms with Crippen molar-refractivity contribution in [3.63, 3.8) is 0 Å². The summed E-state index contributed by atoms with van der Waals surface area (Å²) >= 11 is 0. The van der Waals surface area contributed by atoms with E-state index >= 15 is 0 Å². The Morgan fingerprint density at radius 3 is 2.48 bits per heavy atom. The second kappa shape index (κ2) is 5.98. The normalized spacial score (nSPS) is 20.0.